The van der Waals surface area contributed by atoms with Gasteiger partial charge in [0, 0.05) is 39.9 Å². The summed E-state index contributed by atoms with van der Waals surface area (Å²) in [7, 11) is 0. The number of aromatic nitrogens is 5. The first-order chi connectivity index (χ1) is 24.8. The molecule has 3 heterocycles. The minimum Gasteiger partial charge on any atom is -0.256 e. The van der Waals surface area contributed by atoms with E-state index in [1.807, 2.05) is 54.9 Å². The van der Waals surface area contributed by atoms with Crippen LogP contribution in [0.25, 0.3) is 89.4 Å². The number of pyridine rings is 2. The van der Waals surface area contributed by atoms with Gasteiger partial charge in [0.25, 0.3) is 0 Å². The molecule has 0 fully saturated rings. The highest BCUT2D eigenvalue weighted by Gasteiger charge is 2.14. The van der Waals surface area contributed by atoms with E-state index in [2.05, 4.69) is 131 Å². The van der Waals surface area contributed by atoms with Gasteiger partial charge in [-0.2, -0.15) is 0 Å². The van der Waals surface area contributed by atoms with Crippen molar-refractivity contribution in [2.24, 2.45) is 0 Å². The Hall–Kier alpha value is -6.85. The van der Waals surface area contributed by atoms with Crippen molar-refractivity contribution >= 4 is 21.8 Å². The highest BCUT2D eigenvalue weighted by Crippen LogP contribution is 2.33. The van der Waals surface area contributed by atoms with Crippen LogP contribution in [0.3, 0.4) is 0 Å². The highest BCUT2D eigenvalue weighted by atomic mass is 15.0. The Bertz CT molecular complexity index is 2460. The molecule has 5 heteroatoms. The molecule has 50 heavy (non-hydrogen) atoms. The van der Waals surface area contributed by atoms with Crippen LogP contribution in [-0.4, -0.2) is 24.9 Å². The maximum Gasteiger partial charge on any atom is 0.164 e. The van der Waals surface area contributed by atoms with Crippen molar-refractivity contribution in [1.29, 1.82) is 0 Å². The first-order valence-electron chi connectivity index (χ1n) is 16.6. The number of rotatable bonds is 6. The van der Waals surface area contributed by atoms with Gasteiger partial charge in [-0.15, -0.1) is 0 Å². The zero-order valence-electron chi connectivity index (χ0n) is 27.0. The molecule has 234 valence electrons. The van der Waals surface area contributed by atoms with Crippen molar-refractivity contribution in [1.82, 2.24) is 24.9 Å². The number of para-hydroxylation sites is 2. The molecule has 3 aromatic heterocycles. The molecule has 0 radical (unpaired) electrons. The first-order valence-corrected chi connectivity index (χ1v) is 16.6. The Balaban J connectivity index is 1.12. The van der Waals surface area contributed by atoms with E-state index in [1.165, 1.54) is 5.56 Å². The molecule has 9 rings (SSSR count). The molecule has 0 saturated carbocycles. The van der Waals surface area contributed by atoms with Gasteiger partial charge in [0.15, 0.2) is 17.5 Å². The average Bonchev–Trinajstić information content (AvgIpc) is 3.21. The van der Waals surface area contributed by atoms with E-state index in [4.69, 9.17) is 15.0 Å². The largest absolute Gasteiger partial charge is 0.256 e. The molecule has 5 nitrogen and oxygen atoms in total. The van der Waals surface area contributed by atoms with Crippen LogP contribution in [0.15, 0.2) is 176 Å². The normalized spacial score (nSPS) is 11.2. The summed E-state index contributed by atoms with van der Waals surface area (Å²) in [6.07, 6.45) is 3.73. The smallest absolute Gasteiger partial charge is 0.164 e. The second-order valence-corrected chi connectivity index (χ2v) is 12.2. The number of fused-ring (bicyclic) bond motifs is 2. The molecule has 0 aliphatic rings. The van der Waals surface area contributed by atoms with Gasteiger partial charge >= 0.3 is 0 Å². The molecular formula is C45H29N5. The summed E-state index contributed by atoms with van der Waals surface area (Å²) in [5, 5.41) is 2.24. The molecule has 9 aromatic rings. The quantitative estimate of drug-likeness (QED) is 0.181. The van der Waals surface area contributed by atoms with Gasteiger partial charge in [0.1, 0.15) is 0 Å². The van der Waals surface area contributed by atoms with Crippen LogP contribution in [0.1, 0.15) is 0 Å². The van der Waals surface area contributed by atoms with Crippen molar-refractivity contribution in [2.45, 2.75) is 0 Å². The molecule has 0 spiro atoms. The van der Waals surface area contributed by atoms with Gasteiger partial charge < -0.3 is 0 Å². The maximum atomic E-state index is 5.03. The number of benzene rings is 6. The van der Waals surface area contributed by atoms with Gasteiger partial charge in [0.2, 0.25) is 0 Å². The fourth-order valence-electron chi connectivity index (χ4n) is 6.50. The Morgan fingerprint density at radius 3 is 1.04 bits per heavy atom. The molecule has 0 unspecified atom stereocenters. The van der Waals surface area contributed by atoms with E-state index in [9.17, 15) is 0 Å². The third-order valence-electron chi connectivity index (χ3n) is 9.09. The number of hydrogen-bond acceptors (Lipinski definition) is 5. The van der Waals surface area contributed by atoms with Crippen molar-refractivity contribution in [2.75, 3.05) is 0 Å². The van der Waals surface area contributed by atoms with E-state index in [1.54, 1.807) is 0 Å². The zero-order chi connectivity index (χ0) is 33.3. The highest BCUT2D eigenvalue weighted by molar-refractivity contribution is 5.95. The van der Waals surface area contributed by atoms with E-state index in [-0.39, 0.29) is 0 Å². The predicted octanol–water partition coefficient (Wildman–Crippen LogP) is 11.0. The standard InChI is InChI=1S/C45H29N5/c1-2-8-30(9-3-1)31-14-20-34(21-15-31)43-48-44(35-22-16-32(17-23-35)37-26-28-46-41-12-6-4-10-39(37)41)50-45(49-43)36-24-18-33(19-25-36)38-27-29-47-42-13-7-5-11-40(38)42/h1-29H. The summed E-state index contributed by atoms with van der Waals surface area (Å²) in [6.45, 7) is 0. The topological polar surface area (TPSA) is 64.5 Å². The Morgan fingerprint density at radius 1 is 0.260 bits per heavy atom. The second-order valence-electron chi connectivity index (χ2n) is 12.2. The first kappa shape index (κ1) is 29.3. The third-order valence-corrected chi connectivity index (χ3v) is 9.09. The third kappa shape index (κ3) is 5.57. The molecule has 0 bridgehead atoms. The van der Waals surface area contributed by atoms with Crippen LogP contribution in [0.2, 0.25) is 0 Å². The predicted molar refractivity (Wildman–Crippen MR) is 203 cm³/mol. The van der Waals surface area contributed by atoms with Crippen molar-refractivity contribution in [3.8, 4) is 67.5 Å². The minimum absolute atomic E-state index is 0.618. The van der Waals surface area contributed by atoms with Crippen molar-refractivity contribution < 1.29 is 0 Å². The molecule has 0 aliphatic carbocycles. The molecule has 0 aliphatic heterocycles. The summed E-state index contributed by atoms with van der Waals surface area (Å²) in [5.41, 5.74) is 11.5. The van der Waals surface area contributed by atoms with Crippen LogP contribution in [0.4, 0.5) is 0 Å². The fourth-order valence-corrected chi connectivity index (χ4v) is 6.50. The van der Waals surface area contributed by atoms with E-state index in [0.29, 0.717) is 17.5 Å². The summed E-state index contributed by atoms with van der Waals surface area (Å²) in [4.78, 5) is 24.1. The summed E-state index contributed by atoms with van der Waals surface area (Å²) < 4.78 is 0. The van der Waals surface area contributed by atoms with Gasteiger partial charge in [0.05, 0.1) is 11.0 Å². The zero-order valence-corrected chi connectivity index (χ0v) is 27.0. The minimum atomic E-state index is 0.618. The Kier molecular flexibility index (Phi) is 7.41. The maximum absolute atomic E-state index is 5.03. The van der Waals surface area contributed by atoms with Crippen LogP contribution in [-0.2, 0) is 0 Å². The monoisotopic (exact) mass is 639 g/mol. The molecule has 6 aromatic carbocycles. The second kappa shape index (κ2) is 12.6. The van der Waals surface area contributed by atoms with Crippen LogP contribution in [0, 0.1) is 0 Å². The average molecular weight is 640 g/mol. The van der Waals surface area contributed by atoms with Gasteiger partial charge in [-0.05, 0) is 57.6 Å². The number of nitrogens with zero attached hydrogens (tertiary/aromatic N) is 5. The molecule has 0 amide bonds. The van der Waals surface area contributed by atoms with Gasteiger partial charge in [-0.25, -0.2) is 15.0 Å². The lowest BCUT2D eigenvalue weighted by molar-refractivity contribution is 1.07. The van der Waals surface area contributed by atoms with Crippen molar-refractivity contribution in [3.05, 3.63) is 176 Å². The molecule has 0 N–H and O–H groups in total. The van der Waals surface area contributed by atoms with Crippen molar-refractivity contribution in [3.63, 3.8) is 0 Å². The fraction of sp³-hybridized carbons (Fsp3) is 0. The molecule has 0 saturated heterocycles. The van der Waals surface area contributed by atoms with Crippen LogP contribution >= 0.6 is 0 Å². The van der Waals surface area contributed by atoms with Crippen LogP contribution < -0.4 is 0 Å². The number of hydrogen-bond donors (Lipinski definition) is 0. The van der Waals surface area contributed by atoms with Crippen LogP contribution in [0.5, 0.6) is 0 Å². The SMILES string of the molecule is c1ccc(-c2ccc(-c3nc(-c4ccc(-c5ccnc6ccccc56)cc4)nc(-c4ccc(-c5ccnc6ccccc56)cc4)n3)cc2)cc1. The van der Waals surface area contributed by atoms with Gasteiger partial charge in [-0.1, -0.05) is 140 Å². The van der Waals surface area contributed by atoms with E-state index in [0.717, 1.165) is 66.3 Å². The summed E-state index contributed by atoms with van der Waals surface area (Å²) in [6, 6.07) is 56.2. The Morgan fingerprint density at radius 2 is 0.600 bits per heavy atom. The lowest BCUT2D eigenvalue weighted by atomic mass is 9.99. The molecular weight excluding hydrogens is 611 g/mol. The Labute approximate surface area is 289 Å². The lowest BCUT2D eigenvalue weighted by Gasteiger charge is -2.11. The van der Waals surface area contributed by atoms with E-state index < -0.39 is 0 Å². The summed E-state index contributed by atoms with van der Waals surface area (Å²) >= 11 is 0. The van der Waals surface area contributed by atoms with Gasteiger partial charge in [-0.3, -0.25) is 9.97 Å². The van der Waals surface area contributed by atoms with E-state index >= 15 is 0 Å². The summed E-state index contributed by atoms with van der Waals surface area (Å²) in [5.74, 6) is 1.86. The molecule has 0 atom stereocenters. The lowest BCUT2D eigenvalue weighted by Crippen LogP contribution is -2.00.